The molecule has 10 heteroatoms. The molecule has 1 aromatic carbocycles. The van der Waals surface area contributed by atoms with E-state index < -0.39 is 0 Å². The smallest absolute Gasteiger partial charge is 0.263 e. The lowest BCUT2D eigenvalue weighted by Crippen LogP contribution is -2.48. The van der Waals surface area contributed by atoms with E-state index in [2.05, 4.69) is 25.8 Å². The number of morpholine rings is 1. The summed E-state index contributed by atoms with van der Waals surface area (Å²) in [7, 11) is 0. The first-order chi connectivity index (χ1) is 15.7. The topological polar surface area (TPSA) is 105 Å². The Morgan fingerprint density at radius 2 is 2.06 bits per heavy atom. The van der Waals surface area contributed by atoms with Gasteiger partial charge in [-0.15, -0.1) is 5.10 Å². The van der Waals surface area contributed by atoms with Crippen LogP contribution in [0.5, 0.6) is 0 Å². The van der Waals surface area contributed by atoms with Crippen molar-refractivity contribution in [2.75, 3.05) is 49.8 Å². The van der Waals surface area contributed by atoms with Crippen LogP contribution in [0.25, 0.3) is 5.52 Å². The Hall–Kier alpha value is -3.50. The average Bonchev–Trinajstić information content (AvgIpc) is 3.21. The number of ether oxygens (including phenoxy) is 2. The van der Waals surface area contributed by atoms with Crippen molar-refractivity contribution in [3.8, 4) is 0 Å². The fourth-order valence-electron chi connectivity index (χ4n) is 3.67. The number of aryl methyl sites for hydroxylation is 1. The van der Waals surface area contributed by atoms with Gasteiger partial charge >= 0.3 is 0 Å². The van der Waals surface area contributed by atoms with Crippen LogP contribution in [0.2, 0.25) is 0 Å². The lowest BCUT2D eigenvalue weighted by Gasteiger charge is -2.28. The molecule has 4 heterocycles. The Balaban J connectivity index is 1.43. The molecule has 3 aromatic rings. The van der Waals surface area contributed by atoms with Gasteiger partial charge in [-0.1, -0.05) is 29.8 Å². The van der Waals surface area contributed by atoms with Crippen LogP contribution in [-0.4, -0.2) is 72.3 Å². The number of fused-ring (bicyclic) bond motifs is 1. The molecule has 0 aliphatic carbocycles. The van der Waals surface area contributed by atoms with E-state index in [-0.39, 0.29) is 11.9 Å². The van der Waals surface area contributed by atoms with Gasteiger partial charge in [0.05, 0.1) is 44.2 Å². The highest BCUT2D eigenvalue weighted by atomic mass is 16.5. The maximum Gasteiger partial charge on any atom is 0.263 e. The number of anilines is 2. The number of hydrogen-bond acceptors (Lipinski definition) is 8. The third kappa shape index (κ3) is 4.41. The lowest BCUT2D eigenvalue weighted by atomic mass is 10.2. The molecule has 0 saturated carbocycles. The molecular formula is C22H25N7O3. The molecule has 10 nitrogen and oxygen atoms in total. The number of nitrogens with one attached hydrogen (secondary N) is 2. The van der Waals surface area contributed by atoms with Gasteiger partial charge in [0, 0.05) is 19.3 Å². The van der Waals surface area contributed by atoms with Gasteiger partial charge in [0.15, 0.2) is 5.82 Å². The summed E-state index contributed by atoms with van der Waals surface area (Å²) in [5.41, 5.74) is 6.35. The summed E-state index contributed by atoms with van der Waals surface area (Å²) in [6.07, 6.45) is 3.44. The second-order valence-electron chi connectivity index (χ2n) is 7.91. The average molecular weight is 435 g/mol. The summed E-state index contributed by atoms with van der Waals surface area (Å²) in [4.78, 5) is 19.5. The molecule has 0 unspecified atom stereocenters. The third-order valence-corrected chi connectivity index (χ3v) is 5.41. The van der Waals surface area contributed by atoms with E-state index in [1.807, 2.05) is 37.3 Å². The quantitative estimate of drug-likeness (QED) is 0.446. The Morgan fingerprint density at radius 3 is 2.81 bits per heavy atom. The summed E-state index contributed by atoms with van der Waals surface area (Å²) in [5.74, 6) is 0.934. The highest BCUT2D eigenvalue weighted by molar-refractivity contribution is 5.96. The molecule has 2 fully saturated rings. The molecule has 0 bridgehead atoms. The molecule has 5 rings (SSSR count). The second kappa shape index (κ2) is 8.93. The van der Waals surface area contributed by atoms with Crippen molar-refractivity contribution < 1.29 is 14.3 Å². The number of hydrogen-bond donors (Lipinski definition) is 2. The van der Waals surface area contributed by atoms with Crippen molar-refractivity contribution in [3.63, 3.8) is 0 Å². The lowest BCUT2D eigenvalue weighted by molar-refractivity contribution is -0.00346. The molecule has 2 aliphatic rings. The summed E-state index contributed by atoms with van der Waals surface area (Å²) in [6, 6.07) is 9.92. The van der Waals surface area contributed by atoms with Crippen molar-refractivity contribution in [2.45, 2.75) is 13.0 Å². The molecular weight excluding hydrogens is 410 g/mol. The van der Waals surface area contributed by atoms with E-state index in [9.17, 15) is 4.79 Å². The molecule has 0 atom stereocenters. The van der Waals surface area contributed by atoms with Crippen LogP contribution in [0.4, 0.5) is 11.8 Å². The molecule has 2 aliphatic heterocycles. The summed E-state index contributed by atoms with van der Waals surface area (Å²) >= 11 is 0. The Bertz CT molecular complexity index is 1150. The highest BCUT2D eigenvalue weighted by Gasteiger charge is 2.24. The molecule has 166 valence electrons. The third-order valence-electron chi connectivity index (χ3n) is 5.41. The van der Waals surface area contributed by atoms with Gasteiger partial charge in [-0.05, 0) is 18.6 Å². The van der Waals surface area contributed by atoms with Crippen LogP contribution in [0.1, 0.15) is 21.5 Å². The number of carbonyl (C=O) groups is 1. The first kappa shape index (κ1) is 20.4. The molecule has 0 radical (unpaired) electrons. The van der Waals surface area contributed by atoms with E-state index in [4.69, 9.17) is 14.5 Å². The number of benzene rings is 1. The SMILES string of the molecule is Cc1cccc(/C=N/Nc2nc(N3CCOCC3)c3cc(C(=O)NC4COC4)cn3n2)c1. The number of aromatic nitrogens is 3. The van der Waals surface area contributed by atoms with Gasteiger partial charge in [-0.25, -0.2) is 9.94 Å². The molecule has 1 amide bonds. The number of rotatable bonds is 6. The number of carbonyl (C=O) groups excluding carboxylic acids is 1. The van der Waals surface area contributed by atoms with Crippen molar-refractivity contribution in [3.05, 3.63) is 53.2 Å². The number of nitrogens with zero attached hydrogens (tertiary/aromatic N) is 5. The van der Waals surface area contributed by atoms with E-state index >= 15 is 0 Å². The molecule has 2 aromatic heterocycles. The molecule has 0 spiro atoms. The fraction of sp³-hybridized carbons (Fsp3) is 0.364. The predicted molar refractivity (Wildman–Crippen MR) is 120 cm³/mol. The van der Waals surface area contributed by atoms with Gasteiger partial charge in [0.2, 0.25) is 0 Å². The maximum absolute atomic E-state index is 12.6. The van der Waals surface area contributed by atoms with Gasteiger partial charge in [0.1, 0.15) is 5.52 Å². The van der Waals surface area contributed by atoms with Gasteiger partial charge in [-0.3, -0.25) is 4.79 Å². The monoisotopic (exact) mass is 435 g/mol. The zero-order valence-corrected chi connectivity index (χ0v) is 17.8. The first-order valence-electron chi connectivity index (χ1n) is 10.6. The zero-order chi connectivity index (χ0) is 21.9. The van der Waals surface area contributed by atoms with Crippen LogP contribution in [0, 0.1) is 6.92 Å². The molecule has 32 heavy (non-hydrogen) atoms. The zero-order valence-electron chi connectivity index (χ0n) is 17.8. The standard InChI is InChI=1S/C22H25N7O3/c1-15-3-2-4-16(9-15)11-23-26-22-25-20(28-5-7-31-8-6-28)19-10-17(12-29(19)27-22)21(30)24-18-13-32-14-18/h2-4,9-12,18H,5-8,13-14H2,1H3,(H,24,30)(H,26,27)/b23-11+. The fourth-order valence-corrected chi connectivity index (χ4v) is 3.67. The summed E-state index contributed by atoms with van der Waals surface area (Å²) < 4.78 is 12.3. The number of amides is 1. The minimum atomic E-state index is -0.149. The highest BCUT2D eigenvalue weighted by Crippen LogP contribution is 2.24. The number of hydrazone groups is 1. The Morgan fingerprint density at radius 1 is 1.22 bits per heavy atom. The normalized spacial score (nSPS) is 17.0. The largest absolute Gasteiger partial charge is 0.378 e. The van der Waals surface area contributed by atoms with Crippen molar-refractivity contribution in [2.24, 2.45) is 5.10 Å². The second-order valence-corrected chi connectivity index (χ2v) is 7.91. The van der Waals surface area contributed by atoms with Gasteiger partial charge in [0.25, 0.3) is 11.9 Å². The minimum absolute atomic E-state index is 0.0588. The van der Waals surface area contributed by atoms with E-state index in [0.717, 1.165) is 22.5 Å². The first-order valence-corrected chi connectivity index (χ1v) is 10.6. The predicted octanol–water partition coefficient (Wildman–Crippen LogP) is 1.45. The van der Waals surface area contributed by atoms with Gasteiger partial charge < -0.3 is 19.7 Å². The van der Waals surface area contributed by atoms with Crippen LogP contribution in [0.3, 0.4) is 0 Å². The summed E-state index contributed by atoms with van der Waals surface area (Å²) in [5, 5.41) is 11.8. The van der Waals surface area contributed by atoms with Crippen LogP contribution in [-0.2, 0) is 9.47 Å². The van der Waals surface area contributed by atoms with E-state index in [0.29, 0.717) is 51.0 Å². The van der Waals surface area contributed by atoms with Crippen molar-refractivity contribution in [1.29, 1.82) is 0 Å². The van der Waals surface area contributed by atoms with Crippen LogP contribution in [0.15, 0.2) is 41.6 Å². The van der Waals surface area contributed by atoms with Crippen LogP contribution < -0.4 is 15.6 Å². The maximum atomic E-state index is 12.6. The van der Waals surface area contributed by atoms with Gasteiger partial charge in [-0.2, -0.15) is 10.1 Å². The molecule has 2 N–H and O–H groups in total. The molecule has 2 saturated heterocycles. The van der Waals surface area contributed by atoms with E-state index in [1.165, 1.54) is 0 Å². The minimum Gasteiger partial charge on any atom is -0.378 e. The summed E-state index contributed by atoms with van der Waals surface area (Å²) in [6.45, 7) is 5.81. The Kier molecular flexibility index (Phi) is 5.70. The van der Waals surface area contributed by atoms with Crippen molar-refractivity contribution >= 4 is 29.4 Å². The van der Waals surface area contributed by atoms with E-state index in [1.54, 1.807) is 16.9 Å². The Labute approximate surface area is 185 Å². The van der Waals surface area contributed by atoms with Crippen LogP contribution >= 0.6 is 0 Å². The van der Waals surface area contributed by atoms with Crippen molar-refractivity contribution in [1.82, 2.24) is 19.9 Å².